The molecular formula is C15H20IN3O. The molecule has 20 heavy (non-hydrogen) atoms. The molecule has 0 spiro atoms. The summed E-state index contributed by atoms with van der Waals surface area (Å²) >= 11 is 2.25. The quantitative estimate of drug-likeness (QED) is 0.745. The van der Waals surface area contributed by atoms with E-state index in [1.54, 1.807) is 0 Å². The number of rotatable bonds is 7. The molecule has 2 rings (SSSR count). The van der Waals surface area contributed by atoms with Crippen LogP contribution in [0.4, 0.5) is 0 Å². The topological polar surface area (TPSA) is 39.1 Å². The number of hydrogen-bond donors (Lipinski definition) is 1. The summed E-state index contributed by atoms with van der Waals surface area (Å²) in [5.74, 6) is 0.912. The zero-order valence-corrected chi connectivity index (χ0v) is 14.0. The molecule has 1 aromatic heterocycles. The average molecular weight is 385 g/mol. The van der Waals surface area contributed by atoms with Crippen molar-refractivity contribution in [2.45, 2.75) is 33.0 Å². The van der Waals surface area contributed by atoms with Gasteiger partial charge in [0.25, 0.3) is 0 Å². The Hall–Kier alpha value is -1.08. The number of ether oxygens (including phenoxy) is 1. The maximum Gasteiger partial charge on any atom is 0.119 e. The van der Waals surface area contributed by atoms with E-state index in [1.807, 2.05) is 29.2 Å². The van der Waals surface area contributed by atoms with Crippen LogP contribution in [0.5, 0.6) is 5.75 Å². The molecule has 5 heteroatoms. The molecule has 0 aliphatic rings. The highest BCUT2D eigenvalue weighted by atomic mass is 127. The van der Waals surface area contributed by atoms with E-state index < -0.39 is 0 Å². The monoisotopic (exact) mass is 385 g/mol. The van der Waals surface area contributed by atoms with Gasteiger partial charge in [0, 0.05) is 18.8 Å². The summed E-state index contributed by atoms with van der Waals surface area (Å²) in [6.07, 6.45) is 3.85. The van der Waals surface area contributed by atoms with Crippen LogP contribution in [-0.2, 0) is 13.1 Å². The van der Waals surface area contributed by atoms with Crippen molar-refractivity contribution in [2.24, 2.45) is 0 Å². The third-order valence-electron chi connectivity index (χ3n) is 2.80. The van der Waals surface area contributed by atoms with Crippen molar-refractivity contribution in [2.75, 3.05) is 6.61 Å². The number of halogens is 1. The molecule has 108 valence electrons. The Labute approximate surface area is 133 Å². The summed E-state index contributed by atoms with van der Waals surface area (Å²) in [6.45, 7) is 6.54. The zero-order chi connectivity index (χ0) is 14.4. The highest BCUT2D eigenvalue weighted by molar-refractivity contribution is 14.1. The van der Waals surface area contributed by atoms with Crippen LogP contribution in [0, 0.1) is 3.57 Å². The van der Waals surface area contributed by atoms with Gasteiger partial charge in [0.1, 0.15) is 12.4 Å². The second kappa shape index (κ2) is 7.64. The van der Waals surface area contributed by atoms with Gasteiger partial charge < -0.3 is 10.1 Å². The van der Waals surface area contributed by atoms with E-state index in [9.17, 15) is 0 Å². The van der Waals surface area contributed by atoms with Gasteiger partial charge >= 0.3 is 0 Å². The minimum atomic E-state index is 0.488. The lowest BCUT2D eigenvalue weighted by atomic mass is 10.2. The van der Waals surface area contributed by atoms with Gasteiger partial charge in [0.2, 0.25) is 0 Å². The summed E-state index contributed by atoms with van der Waals surface area (Å²) in [6, 6.07) is 8.71. The molecular weight excluding hydrogens is 365 g/mol. The Bertz CT molecular complexity index is 539. The molecule has 4 nitrogen and oxygen atoms in total. The van der Waals surface area contributed by atoms with Gasteiger partial charge in [-0.05, 0) is 40.3 Å². The Morgan fingerprint density at radius 2 is 2.25 bits per heavy atom. The third kappa shape index (κ3) is 5.13. The van der Waals surface area contributed by atoms with Crippen molar-refractivity contribution in [3.05, 3.63) is 45.8 Å². The van der Waals surface area contributed by atoms with Crippen LogP contribution in [0.2, 0.25) is 0 Å². The van der Waals surface area contributed by atoms with Crippen LogP contribution in [0.3, 0.4) is 0 Å². The maximum absolute atomic E-state index is 5.78. The minimum Gasteiger partial charge on any atom is -0.492 e. The molecule has 0 aliphatic heterocycles. The van der Waals surface area contributed by atoms with Crippen molar-refractivity contribution >= 4 is 22.6 Å². The first kappa shape index (κ1) is 15.3. The van der Waals surface area contributed by atoms with Crippen molar-refractivity contribution in [3.63, 3.8) is 0 Å². The largest absolute Gasteiger partial charge is 0.492 e. The van der Waals surface area contributed by atoms with E-state index in [0.717, 1.165) is 22.4 Å². The Balaban J connectivity index is 1.81. The van der Waals surface area contributed by atoms with E-state index in [0.29, 0.717) is 12.6 Å². The predicted octanol–water partition coefficient (Wildman–Crippen LogP) is 3.06. The summed E-state index contributed by atoms with van der Waals surface area (Å²) in [4.78, 5) is 0. The fraction of sp³-hybridized carbons (Fsp3) is 0.400. The fourth-order valence-corrected chi connectivity index (χ4v) is 2.23. The van der Waals surface area contributed by atoms with Gasteiger partial charge in [-0.1, -0.05) is 26.0 Å². The van der Waals surface area contributed by atoms with E-state index in [4.69, 9.17) is 4.74 Å². The van der Waals surface area contributed by atoms with Crippen LogP contribution in [0.25, 0.3) is 0 Å². The summed E-state index contributed by atoms with van der Waals surface area (Å²) < 4.78 is 8.81. The van der Waals surface area contributed by atoms with Crippen LogP contribution < -0.4 is 10.1 Å². The van der Waals surface area contributed by atoms with Crippen LogP contribution >= 0.6 is 22.6 Å². The summed E-state index contributed by atoms with van der Waals surface area (Å²) in [7, 11) is 0. The van der Waals surface area contributed by atoms with Gasteiger partial charge in [0.15, 0.2) is 0 Å². The predicted molar refractivity (Wildman–Crippen MR) is 88.9 cm³/mol. The SMILES string of the molecule is CC(C)NCc1cccc(OCCn2cc(I)cn2)c1. The first-order valence-corrected chi connectivity index (χ1v) is 7.84. The normalized spacial score (nSPS) is 11.0. The third-order valence-corrected chi connectivity index (χ3v) is 3.36. The van der Waals surface area contributed by atoms with E-state index in [1.165, 1.54) is 5.56 Å². The van der Waals surface area contributed by atoms with Crippen LogP contribution in [0.15, 0.2) is 36.7 Å². The van der Waals surface area contributed by atoms with Gasteiger partial charge in [0.05, 0.1) is 16.3 Å². The molecule has 0 radical (unpaired) electrons. The lowest BCUT2D eigenvalue weighted by molar-refractivity contribution is 0.291. The van der Waals surface area contributed by atoms with Gasteiger partial charge in [-0.25, -0.2) is 0 Å². The van der Waals surface area contributed by atoms with E-state index >= 15 is 0 Å². The number of hydrogen-bond acceptors (Lipinski definition) is 3. The highest BCUT2D eigenvalue weighted by Gasteiger charge is 2.00. The summed E-state index contributed by atoms with van der Waals surface area (Å²) in [5.41, 5.74) is 1.24. The van der Waals surface area contributed by atoms with Crippen LogP contribution in [0.1, 0.15) is 19.4 Å². The van der Waals surface area contributed by atoms with Crippen molar-refractivity contribution in [1.82, 2.24) is 15.1 Å². The fourth-order valence-electron chi connectivity index (χ4n) is 1.78. The van der Waals surface area contributed by atoms with Crippen LogP contribution in [-0.4, -0.2) is 22.4 Å². The van der Waals surface area contributed by atoms with Gasteiger partial charge in [-0.3, -0.25) is 4.68 Å². The number of nitrogens with one attached hydrogen (secondary N) is 1. The van der Waals surface area contributed by atoms with Gasteiger partial charge in [-0.2, -0.15) is 5.10 Å². The molecule has 0 amide bonds. The lowest BCUT2D eigenvalue weighted by Crippen LogP contribution is -2.21. The van der Waals surface area contributed by atoms with E-state index in [-0.39, 0.29) is 0 Å². The Kier molecular flexibility index (Phi) is 5.85. The van der Waals surface area contributed by atoms with E-state index in [2.05, 4.69) is 59.0 Å². The van der Waals surface area contributed by atoms with Crippen molar-refractivity contribution in [1.29, 1.82) is 0 Å². The first-order valence-electron chi connectivity index (χ1n) is 6.76. The molecule has 0 aliphatic carbocycles. The smallest absolute Gasteiger partial charge is 0.119 e. The molecule has 0 bridgehead atoms. The Morgan fingerprint density at radius 1 is 1.40 bits per heavy atom. The molecule has 1 N–H and O–H groups in total. The average Bonchev–Trinajstić information content (AvgIpc) is 2.83. The molecule has 1 heterocycles. The number of nitrogens with zero attached hydrogens (tertiary/aromatic N) is 2. The molecule has 2 aromatic rings. The highest BCUT2D eigenvalue weighted by Crippen LogP contribution is 2.13. The standard InChI is InChI=1S/C15H20IN3O/c1-12(2)17-9-13-4-3-5-15(8-13)20-7-6-19-11-14(16)10-18-19/h3-5,8,10-12,17H,6-7,9H2,1-2H3. The van der Waals surface area contributed by atoms with Crippen molar-refractivity contribution < 1.29 is 4.74 Å². The lowest BCUT2D eigenvalue weighted by Gasteiger charge is -2.10. The molecule has 0 saturated carbocycles. The first-order chi connectivity index (χ1) is 9.63. The molecule has 0 fully saturated rings. The number of benzene rings is 1. The van der Waals surface area contributed by atoms with Gasteiger partial charge in [-0.15, -0.1) is 0 Å². The molecule has 0 unspecified atom stereocenters. The Morgan fingerprint density at radius 3 is 2.95 bits per heavy atom. The second-order valence-electron chi connectivity index (χ2n) is 4.95. The minimum absolute atomic E-state index is 0.488. The zero-order valence-electron chi connectivity index (χ0n) is 11.8. The second-order valence-corrected chi connectivity index (χ2v) is 6.20. The van der Waals surface area contributed by atoms with Crippen molar-refractivity contribution in [3.8, 4) is 5.75 Å². The summed E-state index contributed by atoms with van der Waals surface area (Å²) in [5, 5.41) is 7.64. The molecule has 1 aromatic carbocycles. The maximum atomic E-state index is 5.78. The number of aromatic nitrogens is 2. The molecule has 0 saturated heterocycles. The molecule has 0 atom stereocenters.